The highest BCUT2D eigenvalue weighted by molar-refractivity contribution is 5.95. The zero-order valence-corrected chi connectivity index (χ0v) is 14.4. The van der Waals surface area contributed by atoms with Crippen LogP contribution in [0.1, 0.15) is 22.3 Å². The standard InChI is InChI=1S/C21H16N4O2/c26-21(18-11-10-14-6-4-5-9-17(14)22-18)25-12-16(13-25)20-23-19(24-27-20)15-7-2-1-3-8-15/h1-11,16H,12-13H2. The molecule has 1 aliphatic rings. The molecule has 1 aliphatic heterocycles. The van der Waals surface area contributed by atoms with Crippen LogP contribution in [-0.2, 0) is 0 Å². The van der Waals surface area contributed by atoms with Crippen LogP contribution in [-0.4, -0.2) is 39.0 Å². The second-order valence-corrected chi connectivity index (χ2v) is 6.62. The lowest BCUT2D eigenvalue weighted by molar-refractivity contribution is 0.0563. The molecule has 4 aromatic rings. The zero-order valence-electron chi connectivity index (χ0n) is 14.4. The third-order valence-corrected chi connectivity index (χ3v) is 4.81. The predicted molar refractivity (Wildman–Crippen MR) is 100 cm³/mol. The van der Waals surface area contributed by atoms with Crippen LogP contribution in [0.25, 0.3) is 22.3 Å². The molecule has 3 heterocycles. The van der Waals surface area contributed by atoms with Crippen molar-refractivity contribution in [3.05, 3.63) is 78.3 Å². The SMILES string of the molecule is O=C(c1ccc2ccccc2n1)N1CC(c2nc(-c3ccccc3)no2)C1. The number of carbonyl (C=O) groups is 1. The molecule has 0 unspecified atom stereocenters. The molecule has 0 atom stereocenters. The number of carbonyl (C=O) groups excluding carboxylic acids is 1. The first-order valence-electron chi connectivity index (χ1n) is 8.82. The highest BCUT2D eigenvalue weighted by Gasteiger charge is 2.36. The highest BCUT2D eigenvalue weighted by atomic mass is 16.5. The Balaban J connectivity index is 1.29. The number of fused-ring (bicyclic) bond motifs is 1. The molecule has 1 fully saturated rings. The number of likely N-dealkylation sites (tertiary alicyclic amines) is 1. The number of hydrogen-bond donors (Lipinski definition) is 0. The Morgan fingerprint density at radius 3 is 2.56 bits per heavy atom. The van der Waals surface area contributed by atoms with Crippen LogP contribution < -0.4 is 0 Å². The number of pyridine rings is 1. The van der Waals surface area contributed by atoms with Gasteiger partial charge in [-0.1, -0.05) is 59.8 Å². The second-order valence-electron chi connectivity index (χ2n) is 6.62. The van der Waals surface area contributed by atoms with Crippen molar-refractivity contribution in [2.75, 3.05) is 13.1 Å². The third kappa shape index (κ3) is 2.85. The Morgan fingerprint density at radius 2 is 1.70 bits per heavy atom. The minimum absolute atomic E-state index is 0.0689. The van der Waals surface area contributed by atoms with Crippen molar-refractivity contribution in [1.29, 1.82) is 0 Å². The number of amides is 1. The summed E-state index contributed by atoms with van der Waals surface area (Å²) in [6.07, 6.45) is 0. The van der Waals surface area contributed by atoms with Crippen LogP contribution >= 0.6 is 0 Å². The van der Waals surface area contributed by atoms with Crippen LogP contribution in [0.3, 0.4) is 0 Å². The summed E-state index contributed by atoms with van der Waals surface area (Å²) in [6, 6.07) is 21.2. The van der Waals surface area contributed by atoms with Gasteiger partial charge in [-0.25, -0.2) is 4.98 Å². The number of para-hydroxylation sites is 1. The molecule has 2 aromatic carbocycles. The summed E-state index contributed by atoms with van der Waals surface area (Å²) in [7, 11) is 0. The van der Waals surface area contributed by atoms with E-state index in [4.69, 9.17) is 4.52 Å². The van der Waals surface area contributed by atoms with Crippen LogP contribution in [0.5, 0.6) is 0 Å². The second kappa shape index (κ2) is 6.32. The maximum absolute atomic E-state index is 12.7. The van der Waals surface area contributed by atoms with Crippen molar-refractivity contribution < 1.29 is 9.32 Å². The van der Waals surface area contributed by atoms with E-state index in [1.807, 2.05) is 60.7 Å². The molecule has 0 radical (unpaired) electrons. The fraction of sp³-hybridized carbons (Fsp3) is 0.143. The molecule has 6 heteroatoms. The molecule has 27 heavy (non-hydrogen) atoms. The van der Waals surface area contributed by atoms with Gasteiger partial charge in [0.2, 0.25) is 11.7 Å². The summed E-state index contributed by atoms with van der Waals surface area (Å²) in [5.74, 6) is 1.15. The fourth-order valence-corrected chi connectivity index (χ4v) is 3.25. The minimum atomic E-state index is -0.0696. The van der Waals surface area contributed by atoms with Crippen LogP contribution in [0.2, 0.25) is 0 Å². The fourth-order valence-electron chi connectivity index (χ4n) is 3.25. The number of aromatic nitrogens is 3. The van der Waals surface area contributed by atoms with Crippen molar-refractivity contribution in [3.8, 4) is 11.4 Å². The normalized spacial score (nSPS) is 14.3. The van der Waals surface area contributed by atoms with Gasteiger partial charge in [-0.15, -0.1) is 0 Å². The molecule has 0 spiro atoms. The van der Waals surface area contributed by atoms with Gasteiger partial charge in [-0.3, -0.25) is 4.79 Å². The van der Waals surface area contributed by atoms with Crippen LogP contribution in [0.15, 0.2) is 71.3 Å². The Kier molecular flexibility index (Phi) is 3.67. The minimum Gasteiger partial charge on any atom is -0.339 e. The Bertz CT molecular complexity index is 1120. The van der Waals surface area contributed by atoms with E-state index in [1.165, 1.54) is 0 Å². The Morgan fingerprint density at radius 1 is 0.926 bits per heavy atom. The first-order chi connectivity index (χ1) is 13.3. The maximum Gasteiger partial charge on any atom is 0.272 e. The molecule has 6 nitrogen and oxygen atoms in total. The summed E-state index contributed by atoms with van der Waals surface area (Å²) in [5.41, 5.74) is 2.20. The van der Waals surface area contributed by atoms with Gasteiger partial charge in [0.15, 0.2) is 0 Å². The van der Waals surface area contributed by atoms with Gasteiger partial charge in [0.05, 0.1) is 11.4 Å². The first kappa shape index (κ1) is 15.7. The van der Waals surface area contributed by atoms with E-state index in [-0.39, 0.29) is 11.8 Å². The van der Waals surface area contributed by atoms with Crippen LogP contribution in [0.4, 0.5) is 0 Å². The lowest BCUT2D eigenvalue weighted by atomic mass is 9.99. The third-order valence-electron chi connectivity index (χ3n) is 4.81. The van der Waals surface area contributed by atoms with E-state index in [0.29, 0.717) is 30.5 Å². The van der Waals surface area contributed by atoms with E-state index >= 15 is 0 Å². The van der Waals surface area contributed by atoms with Crippen LogP contribution in [0, 0.1) is 0 Å². The molecular weight excluding hydrogens is 340 g/mol. The predicted octanol–water partition coefficient (Wildman–Crippen LogP) is 3.52. The lowest BCUT2D eigenvalue weighted by Gasteiger charge is -2.36. The average molecular weight is 356 g/mol. The average Bonchev–Trinajstić information content (AvgIpc) is 3.17. The number of hydrogen-bond acceptors (Lipinski definition) is 5. The molecule has 0 bridgehead atoms. The maximum atomic E-state index is 12.7. The van der Waals surface area contributed by atoms with Gasteiger partial charge in [0.25, 0.3) is 5.91 Å². The largest absolute Gasteiger partial charge is 0.339 e. The van der Waals surface area contributed by atoms with E-state index in [9.17, 15) is 4.79 Å². The van der Waals surface area contributed by atoms with Crippen molar-refractivity contribution in [2.24, 2.45) is 0 Å². The van der Waals surface area contributed by atoms with Crippen molar-refractivity contribution in [3.63, 3.8) is 0 Å². The van der Waals surface area contributed by atoms with Gasteiger partial charge in [-0.2, -0.15) is 4.98 Å². The van der Waals surface area contributed by atoms with Gasteiger partial charge < -0.3 is 9.42 Å². The van der Waals surface area contributed by atoms with Gasteiger partial charge >= 0.3 is 0 Å². The van der Waals surface area contributed by atoms with Gasteiger partial charge in [0, 0.05) is 24.0 Å². The summed E-state index contributed by atoms with van der Waals surface area (Å²) in [4.78, 5) is 23.4. The summed E-state index contributed by atoms with van der Waals surface area (Å²) in [5, 5.41) is 5.07. The van der Waals surface area contributed by atoms with Crippen molar-refractivity contribution >= 4 is 16.8 Å². The molecule has 1 saturated heterocycles. The molecule has 0 N–H and O–H groups in total. The molecule has 1 amide bonds. The molecule has 132 valence electrons. The zero-order chi connectivity index (χ0) is 18.2. The molecular formula is C21H16N4O2. The molecule has 2 aromatic heterocycles. The number of nitrogens with zero attached hydrogens (tertiary/aromatic N) is 4. The van der Waals surface area contributed by atoms with E-state index in [2.05, 4.69) is 15.1 Å². The van der Waals surface area contributed by atoms with E-state index in [1.54, 1.807) is 11.0 Å². The quantitative estimate of drug-likeness (QED) is 0.561. The van der Waals surface area contributed by atoms with Crippen molar-refractivity contribution in [2.45, 2.75) is 5.92 Å². The van der Waals surface area contributed by atoms with Gasteiger partial charge in [-0.05, 0) is 12.1 Å². The van der Waals surface area contributed by atoms with E-state index in [0.717, 1.165) is 16.5 Å². The smallest absolute Gasteiger partial charge is 0.272 e. The lowest BCUT2D eigenvalue weighted by Crippen LogP contribution is -2.48. The topological polar surface area (TPSA) is 72.1 Å². The number of benzene rings is 2. The Labute approximate surface area is 155 Å². The molecule has 5 rings (SSSR count). The Hall–Kier alpha value is -3.54. The number of rotatable bonds is 3. The summed E-state index contributed by atoms with van der Waals surface area (Å²) < 4.78 is 5.40. The summed E-state index contributed by atoms with van der Waals surface area (Å²) >= 11 is 0. The van der Waals surface area contributed by atoms with E-state index < -0.39 is 0 Å². The molecule has 0 saturated carbocycles. The highest BCUT2D eigenvalue weighted by Crippen LogP contribution is 2.28. The summed E-state index contributed by atoms with van der Waals surface area (Å²) in [6.45, 7) is 1.12. The van der Waals surface area contributed by atoms with Crippen molar-refractivity contribution in [1.82, 2.24) is 20.0 Å². The monoisotopic (exact) mass is 356 g/mol. The van der Waals surface area contributed by atoms with Gasteiger partial charge in [0.1, 0.15) is 5.69 Å². The molecule has 0 aliphatic carbocycles. The first-order valence-corrected chi connectivity index (χ1v) is 8.82.